The van der Waals surface area contributed by atoms with Crippen molar-refractivity contribution in [2.75, 3.05) is 0 Å². The van der Waals surface area contributed by atoms with Crippen molar-refractivity contribution in [1.82, 2.24) is 5.32 Å². The largest absolute Gasteiger partial charge is 0.448 e. The first-order chi connectivity index (χ1) is 10.6. The summed E-state index contributed by atoms with van der Waals surface area (Å²) >= 11 is 5.82. The summed E-state index contributed by atoms with van der Waals surface area (Å²) in [6, 6.07) is 2.11. The molecule has 0 saturated carbocycles. The molecule has 23 heavy (non-hydrogen) atoms. The molecule has 0 saturated heterocycles. The van der Waals surface area contributed by atoms with E-state index in [9.17, 15) is 24.5 Å². The molecule has 0 bridgehead atoms. The van der Waals surface area contributed by atoms with Crippen LogP contribution >= 0.6 is 11.6 Å². The summed E-state index contributed by atoms with van der Waals surface area (Å²) in [6.07, 6.45) is -1.28. The molecule has 9 nitrogen and oxygen atoms in total. The number of urea groups is 1. The lowest BCUT2D eigenvalue weighted by molar-refractivity contribution is -0.384. The molecule has 0 radical (unpaired) electrons. The number of benzene rings is 1. The second-order valence-electron chi connectivity index (χ2n) is 4.84. The Morgan fingerprint density at radius 1 is 1.35 bits per heavy atom. The summed E-state index contributed by atoms with van der Waals surface area (Å²) in [7, 11) is 0. The van der Waals surface area contributed by atoms with Gasteiger partial charge in [0.1, 0.15) is 0 Å². The maximum atomic E-state index is 12.1. The molecule has 0 heterocycles. The Hall–Kier alpha value is -2.68. The van der Waals surface area contributed by atoms with Crippen LogP contribution in [0.5, 0.6) is 0 Å². The molecule has 124 valence electrons. The summed E-state index contributed by atoms with van der Waals surface area (Å²) in [4.78, 5) is 44.5. The number of primary amides is 1. The van der Waals surface area contributed by atoms with Gasteiger partial charge in [0.2, 0.25) is 0 Å². The van der Waals surface area contributed by atoms with E-state index in [1.54, 1.807) is 13.8 Å². The number of hydrogen-bond acceptors (Lipinski definition) is 6. The van der Waals surface area contributed by atoms with Gasteiger partial charge in [0.25, 0.3) is 11.6 Å². The molecular weight excluding hydrogens is 330 g/mol. The standard InChI is InChI=1S/C13H14ClN3O6/c1-6(2)10(11(18)16-13(15)20)23-12(19)8-4-3-7(17(21)22)5-9(8)14/h3-6,10H,1-2H3,(H3,15,16,18,20)/t10-/m1/s1. The van der Waals surface area contributed by atoms with Crippen molar-refractivity contribution in [3.63, 3.8) is 0 Å². The lowest BCUT2D eigenvalue weighted by Gasteiger charge is -2.20. The zero-order chi connectivity index (χ0) is 17.7. The van der Waals surface area contributed by atoms with Crippen molar-refractivity contribution in [3.05, 3.63) is 38.9 Å². The number of ether oxygens (including phenoxy) is 1. The van der Waals surface area contributed by atoms with Crippen LogP contribution < -0.4 is 11.1 Å². The highest BCUT2D eigenvalue weighted by atomic mass is 35.5. The molecule has 10 heteroatoms. The third-order valence-corrected chi connectivity index (χ3v) is 3.04. The number of rotatable bonds is 5. The van der Waals surface area contributed by atoms with Gasteiger partial charge in [-0.3, -0.25) is 20.2 Å². The van der Waals surface area contributed by atoms with E-state index < -0.39 is 34.9 Å². The number of nitro benzene ring substituents is 1. The van der Waals surface area contributed by atoms with Gasteiger partial charge in [-0.1, -0.05) is 25.4 Å². The highest BCUT2D eigenvalue weighted by Gasteiger charge is 2.29. The number of esters is 1. The molecule has 1 rings (SSSR count). The lowest BCUT2D eigenvalue weighted by Crippen LogP contribution is -2.45. The number of non-ortho nitro benzene ring substituents is 1. The summed E-state index contributed by atoms with van der Waals surface area (Å²) in [6.45, 7) is 3.19. The molecule has 0 aliphatic carbocycles. The molecule has 0 aliphatic heterocycles. The van der Waals surface area contributed by atoms with Crippen LogP contribution in [-0.4, -0.2) is 28.9 Å². The van der Waals surface area contributed by atoms with E-state index in [2.05, 4.69) is 0 Å². The van der Waals surface area contributed by atoms with Gasteiger partial charge >= 0.3 is 12.0 Å². The molecule has 1 aromatic carbocycles. The first kappa shape index (κ1) is 18.4. The minimum Gasteiger partial charge on any atom is -0.448 e. The minimum absolute atomic E-state index is 0.144. The van der Waals surface area contributed by atoms with Crippen LogP contribution in [0.2, 0.25) is 5.02 Å². The number of nitrogens with one attached hydrogen (secondary N) is 1. The van der Waals surface area contributed by atoms with Gasteiger partial charge in [-0.25, -0.2) is 9.59 Å². The quantitative estimate of drug-likeness (QED) is 0.472. The summed E-state index contributed by atoms with van der Waals surface area (Å²) in [5.74, 6) is -2.28. The van der Waals surface area contributed by atoms with Gasteiger partial charge in [-0.15, -0.1) is 0 Å². The van der Waals surface area contributed by atoms with Gasteiger partial charge < -0.3 is 10.5 Å². The van der Waals surface area contributed by atoms with E-state index in [0.29, 0.717) is 0 Å². The van der Waals surface area contributed by atoms with Crippen molar-refractivity contribution in [2.45, 2.75) is 20.0 Å². The number of nitrogens with two attached hydrogens (primary N) is 1. The van der Waals surface area contributed by atoms with E-state index in [1.807, 2.05) is 5.32 Å². The Balaban J connectivity index is 2.97. The molecule has 0 fully saturated rings. The highest BCUT2D eigenvalue weighted by Crippen LogP contribution is 2.24. The highest BCUT2D eigenvalue weighted by molar-refractivity contribution is 6.33. The van der Waals surface area contributed by atoms with Gasteiger partial charge in [0.15, 0.2) is 6.10 Å². The van der Waals surface area contributed by atoms with E-state index in [-0.39, 0.29) is 16.3 Å². The fourth-order valence-corrected chi connectivity index (χ4v) is 1.90. The van der Waals surface area contributed by atoms with E-state index in [0.717, 1.165) is 18.2 Å². The predicted octanol–water partition coefficient (Wildman–Crippen LogP) is 1.62. The number of hydrogen-bond donors (Lipinski definition) is 2. The Morgan fingerprint density at radius 2 is 1.96 bits per heavy atom. The van der Waals surface area contributed by atoms with Crippen molar-refractivity contribution < 1.29 is 24.0 Å². The van der Waals surface area contributed by atoms with Gasteiger partial charge in [-0.05, 0) is 12.0 Å². The maximum absolute atomic E-state index is 12.1. The number of nitrogens with zero attached hydrogens (tertiary/aromatic N) is 1. The van der Waals surface area contributed by atoms with E-state index in [1.165, 1.54) is 0 Å². The first-order valence-corrected chi connectivity index (χ1v) is 6.76. The fourth-order valence-electron chi connectivity index (χ4n) is 1.65. The van der Waals surface area contributed by atoms with Crippen LogP contribution in [0.1, 0.15) is 24.2 Å². The van der Waals surface area contributed by atoms with Crippen LogP contribution in [-0.2, 0) is 9.53 Å². The average molecular weight is 344 g/mol. The topological polar surface area (TPSA) is 142 Å². The number of nitro groups is 1. The molecule has 0 spiro atoms. The summed E-state index contributed by atoms with van der Waals surface area (Å²) in [5, 5.41) is 12.3. The Bertz CT molecular complexity index is 661. The van der Waals surface area contributed by atoms with Crippen LogP contribution in [0.4, 0.5) is 10.5 Å². The molecule has 1 aromatic rings. The van der Waals surface area contributed by atoms with E-state index in [4.69, 9.17) is 22.1 Å². The number of halogens is 1. The SMILES string of the molecule is CC(C)[C@@H](OC(=O)c1ccc([N+](=O)[O-])cc1Cl)C(=O)NC(N)=O. The van der Waals surface area contributed by atoms with Crippen molar-refractivity contribution in [2.24, 2.45) is 11.7 Å². The lowest BCUT2D eigenvalue weighted by atomic mass is 10.1. The average Bonchev–Trinajstić information content (AvgIpc) is 2.42. The number of carbonyl (C=O) groups excluding carboxylic acids is 3. The Labute approximate surface area is 135 Å². The zero-order valence-corrected chi connectivity index (χ0v) is 13.0. The minimum atomic E-state index is -1.28. The molecule has 3 amide bonds. The Morgan fingerprint density at radius 3 is 2.39 bits per heavy atom. The molecule has 0 aliphatic rings. The van der Waals surface area contributed by atoms with Crippen LogP contribution in [0.15, 0.2) is 18.2 Å². The first-order valence-electron chi connectivity index (χ1n) is 6.38. The van der Waals surface area contributed by atoms with Crippen molar-refractivity contribution in [1.29, 1.82) is 0 Å². The number of imide groups is 1. The van der Waals surface area contributed by atoms with Crippen LogP contribution in [0, 0.1) is 16.0 Å². The summed E-state index contributed by atoms with van der Waals surface area (Å²) < 4.78 is 5.03. The summed E-state index contributed by atoms with van der Waals surface area (Å²) in [5.41, 5.74) is 4.41. The van der Waals surface area contributed by atoms with E-state index >= 15 is 0 Å². The number of carbonyl (C=O) groups is 3. The van der Waals surface area contributed by atoms with Gasteiger partial charge in [-0.2, -0.15) is 0 Å². The van der Waals surface area contributed by atoms with Crippen LogP contribution in [0.25, 0.3) is 0 Å². The maximum Gasteiger partial charge on any atom is 0.340 e. The molecule has 0 aromatic heterocycles. The predicted molar refractivity (Wildman–Crippen MR) is 79.9 cm³/mol. The molecule has 1 atom stereocenters. The van der Waals surface area contributed by atoms with Gasteiger partial charge in [0.05, 0.1) is 15.5 Å². The monoisotopic (exact) mass is 343 g/mol. The molecule has 3 N–H and O–H groups in total. The fraction of sp³-hybridized carbons (Fsp3) is 0.308. The smallest absolute Gasteiger partial charge is 0.340 e. The van der Waals surface area contributed by atoms with Crippen molar-refractivity contribution >= 4 is 35.2 Å². The van der Waals surface area contributed by atoms with Crippen molar-refractivity contribution in [3.8, 4) is 0 Å². The van der Waals surface area contributed by atoms with Crippen LogP contribution in [0.3, 0.4) is 0 Å². The zero-order valence-electron chi connectivity index (χ0n) is 12.2. The van der Waals surface area contributed by atoms with Gasteiger partial charge in [0, 0.05) is 12.1 Å². The molecular formula is C13H14ClN3O6. The second kappa shape index (κ2) is 7.54. The normalized spacial score (nSPS) is 11.7. The second-order valence-corrected chi connectivity index (χ2v) is 5.25. The number of amides is 3. The third-order valence-electron chi connectivity index (χ3n) is 2.73. The Kier molecular flexibility index (Phi) is 6.02. The third kappa shape index (κ3) is 4.92. The molecule has 0 unspecified atom stereocenters.